The second-order valence-electron chi connectivity index (χ2n) is 5.75. The van der Waals surface area contributed by atoms with Crippen LogP contribution in [-0.4, -0.2) is 49.6 Å². The number of hydrogen-bond donors (Lipinski definition) is 2. The molecule has 0 atom stereocenters. The molecule has 0 aliphatic carbocycles. The lowest BCUT2D eigenvalue weighted by molar-refractivity contribution is -0.132. The average molecular weight is 345 g/mol. The number of nitrogens with zero attached hydrogens (tertiary/aromatic N) is 1. The lowest BCUT2D eigenvalue weighted by Crippen LogP contribution is -2.32. The van der Waals surface area contributed by atoms with Gasteiger partial charge in [-0.25, -0.2) is 4.79 Å². The van der Waals surface area contributed by atoms with Crippen LogP contribution in [0, 0.1) is 0 Å². The van der Waals surface area contributed by atoms with Gasteiger partial charge in [0.25, 0.3) is 11.8 Å². The van der Waals surface area contributed by atoms with E-state index >= 15 is 0 Å². The van der Waals surface area contributed by atoms with Gasteiger partial charge in [0, 0.05) is 13.1 Å². The van der Waals surface area contributed by atoms with Gasteiger partial charge in [-0.3, -0.25) is 14.9 Å². The zero-order valence-corrected chi connectivity index (χ0v) is 13.8. The number of urea groups is 1. The number of ether oxygens (including phenoxy) is 2. The fourth-order valence-corrected chi connectivity index (χ4v) is 2.74. The molecule has 0 saturated carbocycles. The minimum atomic E-state index is -0.552. The van der Waals surface area contributed by atoms with Crippen LogP contribution < -0.4 is 20.1 Å². The molecule has 8 nitrogen and oxygen atoms in total. The molecule has 0 aromatic heterocycles. The Morgan fingerprint density at radius 2 is 1.96 bits per heavy atom. The van der Waals surface area contributed by atoms with Gasteiger partial charge in [0.2, 0.25) is 0 Å². The fourth-order valence-electron chi connectivity index (χ4n) is 2.74. The van der Waals surface area contributed by atoms with Crippen molar-refractivity contribution in [2.75, 3.05) is 26.8 Å². The summed E-state index contributed by atoms with van der Waals surface area (Å²) in [6.07, 6.45) is 3.59. The van der Waals surface area contributed by atoms with Crippen molar-refractivity contribution in [2.24, 2.45) is 0 Å². The Bertz CT molecular complexity index is 738. The highest BCUT2D eigenvalue weighted by Gasteiger charge is 2.23. The molecule has 4 amide bonds. The van der Waals surface area contributed by atoms with E-state index in [0.29, 0.717) is 17.1 Å². The minimum absolute atomic E-state index is 0.0453. The third-order valence-electron chi connectivity index (χ3n) is 4.03. The first kappa shape index (κ1) is 16.8. The summed E-state index contributed by atoms with van der Waals surface area (Å²) in [5.41, 5.74) is 0.812. The van der Waals surface area contributed by atoms with Crippen molar-refractivity contribution in [2.45, 2.75) is 12.8 Å². The Hall–Kier alpha value is -3.03. The van der Waals surface area contributed by atoms with Gasteiger partial charge < -0.3 is 19.7 Å². The van der Waals surface area contributed by atoms with Crippen molar-refractivity contribution < 1.29 is 23.9 Å². The summed E-state index contributed by atoms with van der Waals surface area (Å²) in [5.74, 6) is 0.349. The normalized spacial score (nSPS) is 18.3. The zero-order chi connectivity index (χ0) is 17.8. The van der Waals surface area contributed by atoms with E-state index < -0.39 is 11.9 Å². The van der Waals surface area contributed by atoms with E-state index in [1.807, 2.05) is 0 Å². The number of carbonyl (C=O) groups excluding carboxylic acids is 3. The highest BCUT2D eigenvalue weighted by molar-refractivity contribution is 6.14. The Balaban J connectivity index is 1.69. The second-order valence-corrected chi connectivity index (χ2v) is 5.75. The molecule has 132 valence electrons. The SMILES string of the molecule is COc1cc(/C=C2\NC(=O)NC2=O)ccc1OCC(=O)N1CCCC1. The molecule has 25 heavy (non-hydrogen) atoms. The van der Waals surface area contributed by atoms with Crippen molar-refractivity contribution in [1.82, 2.24) is 15.5 Å². The van der Waals surface area contributed by atoms with Crippen LogP contribution in [0.5, 0.6) is 11.5 Å². The molecule has 2 N–H and O–H groups in total. The third-order valence-corrected chi connectivity index (χ3v) is 4.03. The smallest absolute Gasteiger partial charge is 0.326 e. The maximum Gasteiger partial charge on any atom is 0.326 e. The zero-order valence-electron chi connectivity index (χ0n) is 13.8. The molecule has 0 spiro atoms. The first-order valence-electron chi connectivity index (χ1n) is 7.99. The summed E-state index contributed by atoms with van der Waals surface area (Å²) in [7, 11) is 1.49. The van der Waals surface area contributed by atoms with E-state index in [2.05, 4.69) is 10.6 Å². The molecule has 2 aliphatic heterocycles. The standard InChI is InChI=1S/C17H19N3O5/c1-24-14-9-11(8-12-16(22)19-17(23)18-12)4-5-13(14)25-10-15(21)20-6-2-3-7-20/h4-5,8-9H,2-3,6-7,10H2,1H3,(H2,18,19,22,23)/b12-8-. The molecule has 2 fully saturated rings. The summed E-state index contributed by atoms with van der Waals surface area (Å²) in [5, 5.41) is 4.55. The summed E-state index contributed by atoms with van der Waals surface area (Å²) >= 11 is 0. The Labute approximate surface area is 144 Å². The van der Waals surface area contributed by atoms with Crippen LogP contribution >= 0.6 is 0 Å². The van der Waals surface area contributed by atoms with Gasteiger partial charge in [-0.05, 0) is 36.6 Å². The van der Waals surface area contributed by atoms with E-state index in [9.17, 15) is 14.4 Å². The highest BCUT2D eigenvalue weighted by atomic mass is 16.5. The summed E-state index contributed by atoms with van der Waals surface area (Å²) in [4.78, 5) is 36.5. The van der Waals surface area contributed by atoms with Gasteiger partial charge in [0.15, 0.2) is 18.1 Å². The number of hydrogen-bond acceptors (Lipinski definition) is 5. The summed E-state index contributed by atoms with van der Waals surface area (Å²) in [6.45, 7) is 1.51. The Morgan fingerprint density at radius 3 is 2.60 bits per heavy atom. The number of carbonyl (C=O) groups is 3. The van der Waals surface area contributed by atoms with Crippen LogP contribution in [-0.2, 0) is 9.59 Å². The summed E-state index contributed by atoms with van der Waals surface area (Å²) < 4.78 is 10.9. The predicted molar refractivity (Wildman–Crippen MR) is 89.0 cm³/mol. The van der Waals surface area contributed by atoms with E-state index in [1.54, 1.807) is 23.1 Å². The fraction of sp³-hybridized carbons (Fsp3) is 0.353. The number of methoxy groups -OCH3 is 1. The largest absolute Gasteiger partial charge is 0.493 e. The van der Waals surface area contributed by atoms with Gasteiger partial charge in [-0.15, -0.1) is 0 Å². The Kier molecular flexibility index (Phi) is 4.87. The van der Waals surface area contributed by atoms with Crippen LogP contribution in [0.15, 0.2) is 23.9 Å². The van der Waals surface area contributed by atoms with Crippen LogP contribution in [0.4, 0.5) is 4.79 Å². The monoisotopic (exact) mass is 345 g/mol. The molecular formula is C17H19N3O5. The third kappa shape index (κ3) is 3.90. The highest BCUT2D eigenvalue weighted by Crippen LogP contribution is 2.29. The number of likely N-dealkylation sites (tertiary alicyclic amines) is 1. The van der Waals surface area contributed by atoms with Gasteiger partial charge in [-0.2, -0.15) is 0 Å². The average Bonchev–Trinajstić information content (AvgIpc) is 3.23. The lowest BCUT2D eigenvalue weighted by Gasteiger charge is -2.16. The van der Waals surface area contributed by atoms with E-state index in [4.69, 9.17) is 9.47 Å². The van der Waals surface area contributed by atoms with E-state index in [0.717, 1.165) is 25.9 Å². The molecule has 0 bridgehead atoms. The van der Waals surface area contributed by atoms with Gasteiger partial charge in [0.05, 0.1) is 7.11 Å². The first-order valence-corrected chi connectivity index (χ1v) is 7.99. The van der Waals surface area contributed by atoms with Crippen LogP contribution in [0.1, 0.15) is 18.4 Å². The maximum atomic E-state index is 12.0. The quantitative estimate of drug-likeness (QED) is 0.610. The maximum absolute atomic E-state index is 12.0. The number of nitrogens with one attached hydrogen (secondary N) is 2. The van der Waals surface area contributed by atoms with Crippen molar-refractivity contribution in [3.63, 3.8) is 0 Å². The summed E-state index contributed by atoms with van der Waals surface area (Å²) in [6, 6.07) is 4.49. The number of rotatable bonds is 5. The van der Waals surface area contributed by atoms with Crippen molar-refractivity contribution in [3.8, 4) is 11.5 Å². The molecule has 2 saturated heterocycles. The van der Waals surface area contributed by atoms with Crippen molar-refractivity contribution in [1.29, 1.82) is 0 Å². The second kappa shape index (κ2) is 7.25. The number of imide groups is 1. The molecule has 1 aromatic carbocycles. The molecular weight excluding hydrogens is 326 g/mol. The molecule has 0 unspecified atom stereocenters. The Morgan fingerprint density at radius 1 is 1.20 bits per heavy atom. The van der Waals surface area contributed by atoms with Crippen LogP contribution in [0.2, 0.25) is 0 Å². The number of benzene rings is 1. The van der Waals surface area contributed by atoms with Gasteiger partial charge >= 0.3 is 6.03 Å². The molecule has 2 heterocycles. The number of amides is 4. The van der Waals surface area contributed by atoms with Crippen molar-refractivity contribution >= 4 is 23.9 Å². The lowest BCUT2D eigenvalue weighted by atomic mass is 10.1. The molecule has 3 rings (SSSR count). The topological polar surface area (TPSA) is 97.0 Å². The molecule has 2 aliphatic rings. The molecule has 8 heteroatoms. The molecule has 1 aromatic rings. The van der Waals surface area contributed by atoms with Crippen LogP contribution in [0.25, 0.3) is 6.08 Å². The first-order chi connectivity index (χ1) is 12.1. The molecule has 0 radical (unpaired) electrons. The van der Waals surface area contributed by atoms with Gasteiger partial charge in [0.1, 0.15) is 5.70 Å². The van der Waals surface area contributed by atoms with Crippen LogP contribution in [0.3, 0.4) is 0 Å². The predicted octanol–water partition coefficient (Wildman–Crippen LogP) is 0.877. The minimum Gasteiger partial charge on any atom is -0.493 e. The van der Waals surface area contributed by atoms with E-state index in [1.165, 1.54) is 13.2 Å². The van der Waals surface area contributed by atoms with Crippen molar-refractivity contribution in [3.05, 3.63) is 29.5 Å². The van der Waals surface area contributed by atoms with Gasteiger partial charge in [-0.1, -0.05) is 6.07 Å². The van der Waals surface area contributed by atoms with E-state index in [-0.39, 0.29) is 18.2 Å².